The van der Waals surface area contributed by atoms with Crippen molar-refractivity contribution in [2.24, 2.45) is 0 Å². The van der Waals surface area contributed by atoms with E-state index in [1.54, 1.807) is 24.3 Å². The second-order valence-electron chi connectivity index (χ2n) is 4.28. The van der Waals surface area contributed by atoms with Crippen molar-refractivity contribution >= 4 is 15.7 Å². The number of aryl methyl sites for hydroxylation is 1. The monoisotopic (exact) mass is 294 g/mol. The van der Waals surface area contributed by atoms with Crippen molar-refractivity contribution < 1.29 is 12.8 Å². The molecule has 0 saturated heterocycles. The maximum absolute atomic E-state index is 11.9. The molecule has 108 valence electrons. The van der Waals surface area contributed by atoms with Crippen LogP contribution in [0.1, 0.15) is 18.4 Å². The molecule has 0 fully saturated rings. The average molecular weight is 294 g/mol. The number of nitrogens with one attached hydrogen (secondary N) is 2. The molecule has 2 N–H and O–H groups in total. The number of furan rings is 1. The Kier molecular flexibility index (Phi) is 4.46. The highest BCUT2D eigenvalue weighted by atomic mass is 32.2. The van der Waals surface area contributed by atoms with E-state index < -0.39 is 10.0 Å². The predicted molar refractivity (Wildman–Crippen MR) is 78.1 cm³/mol. The van der Waals surface area contributed by atoms with Crippen molar-refractivity contribution in [2.45, 2.75) is 24.8 Å². The van der Waals surface area contributed by atoms with E-state index in [1.165, 1.54) is 7.05 Å². The van der Waals surface area contributed by atoms with Gasteiger partial charge in [-0.05, 0) is 31.3 Å². The third-order valence-electron chi connectivity index (χ3n) is 2.96. The lowest BCUT2D eigenvalue weighted by molar-refractivity contribution is 0.476. The van der Waals surface area contributed by atoms with Gasteiger partial charge in [-0.15, -0.1) is 0 Å². The molecule has 0 radical (unpaired) electrons. The smallest absolute Gasteiger partial charge is 0.242 e. The van der Waals surface area contributed by atoms with Gasteiger partial charge in [0.25, 0.3) is 0 Å². The normalized spacial score (nSPS) is 11.5. The van der Waals surface area contributed by atoms with Crippen LogP contribution in [0, 0.1) is 0 Å². The molecule has 2 rings (SSSR count). The van der Waals surface area contributed by atoms with E-state index in [2.05, 4.69) is 10.0 Å². The molecule has 0 spiro atoms. The lowest BCUT2D eigenvalue weighted by atomic mass is 10.3. The number of rotatable bonds is 6. The van der Waals surface area contributed by atoms with Crippen LogP contribution < -0.4 is 10.0 Å². The fourth-order valence-corrected chi connectivity index (χ4v) is 2.75. The molecule has 0 unspecified atom stereocenters. The number of anilines is 1. The zero-order valence-corrected chi connectivity index (χ0v) is 12.3. The first kappa shape index (κ1) is 14.6. The van der Waals surface area contributed by atoms with Crippen LogP contribution in [0.2, 0.25) is 0 Å². The van der Waals surface area contributed by atoms with Crippen molar-refractivity contribution in [3.63, 3.8) is 0 Å². The van der Waals surface area contributed by atoms with Gasteiger partial charge in [0.1, 0.15) is 16.4 Å². The lowest BCUT2D eigenvalue weighted by Gasteiger charge is -2.10. The van der Waals surface area contributed by atoms with Crippen LogP contribution in [0.5, 0.6) is 0 Å². The van der Waals surface area contributed by atoms with Crippen LogP contribution in [0.15, 0.2) is 45.7 Å². The van der Waals surface area contributed by atoms with Gasteiger partial charge in [-0.2, -0.15) is 0 Å². The molecule has 0 atom stereocenters. The zero-order chi connectivity index (χ0) is 14.6. The van der Waals surface area contributed by atoms with E-state index in [-0.39, 0.29) is 4.90 Å². The van der Waals surface area contributed by atoms with Gasteiger partial charge in [-0.3, -0.25) is 0 Å². The molecule has 5 nitrogen and oxygen atoms in total. The summed E-state index contributed by atoms with van der Waals surface area (Å²) in [6.45, 7) is 2.46. The van der Waals surface area contributed by atoms with Crippen molar-refractivity contribution in [1.29, 1.82) is 0 Å². The van der Waals surface area contributed by atoms with Gasteiger partial charge < -0.3 is 9.73 Å². The first-order valence-electron chi connectivity index (χ1n) is 6.41. The number of para-hydroxylation sites is 1. The van der Waals surface area contributed by atoms with Gasteiger partial charge in [0.15, 0.2) is 0 Å². The Morgan fingerprint density at radius 3 is 2.45 bits per heavy atom. The summed E-state index contributed by atoms with van der Waals surface area (Å²) in [7, 11) is -2.08. The number of hydrogen-bond donors (Lipinski definition) is 2. The summed E-state index contributed by atoms with van der Waals surface area (Å²) in [5, 5.41) is 3.09. The van der Waals surface area contributed by atoms with Crippen LogP contribution in [-0.4, -0.2) is 15.5 Å². The Bertz CT molecular complexity index is 677. The minimum Gasteiger partial charge on any atom is -0.464 e. The van der Waals surface area contributed by atoms with E-state index in [4.69, 9.17) is 4.42 Å². The van der Waals surface area contributed by atoms with E-state index in [0.717, 1.165) is 17.9 Å². The number of hydrogen-bond acceptors (Lipinski definition) is 4. The highest BCUT2D eigenvalue weighted by Crippen LogP contribution is 2.21. The third-order valence-corrected chi connectivity index (χ3v) is 4.44. The minimum atomic E-state index is -3.48. The minimum absolute atomic E-state index is 0.227. The first-order chi connectivity index (χ1) is 9.56. The number of benzene rings is 1. The fourth-order valence-electron chi connectivity index (χ4n) is 1.85. The van der Waals surface area contributed by atoms with Gasteiger partial charge in [0, 0.05) is 6.42 Å². The van der Waals surface area contributed by atoms with Crippen molar-refractivity contribution in [3.8, 4) is 0 Å². The Balaban J connectivity index is 2.18. The van der Waals surface area contributed by atoms with Crippen molar-refractivity contribution in [1.82, 2.24) is 4.72 Å². The van der Waals surface area contributed by atoms with Crippen LogP contribution in [0.4, 0.5) is 5.69 Å². The van der Waals surface area contributed by atoms with E-state index >= 15 is 0 Å². The molecule has 0 aliphatic rings. The molecule has 0 bridgehead atoms. The largest absolute Gasteiger partial charge is 0.464 e. The van der Waals surface area contributed by atoms with Crippen molar-refractivity contribution in [2.75, 3.05) is 12.4 Å². The lowest BCUT2D eigenvalue weighted by Crippen LogP contribution is -2.20. The summed E-state index contributed by atoms with van der Waals surface area (Å²) in [6, 6.07) is 10.6. The Hall–Kier alpha value is -1.79. The zero-order valence-electron chi connectivity index (χ0n) is 11.5. The molecule has 1 aromatic heterocycles. The molecular weight excluding hydrogens is 276 g/mol. The molecule has 2 aromatic rings. The van der Waals surface area contributed by atoms with Crippen molar-refractivity contribution in [3.05, 3.63) is 47.9 Å². The summed E-state index contributed by atoms with van der Waals surface area (Å²) in [5.41, 5.74) is 0.552. The summed E-state index contributed by atoms with van der Waals surface area (Å²) in [6.07, 6.45) is 0.838. The van der Waals surface area contributed by atoms with Gasteiger partial charge in [-0.1, -0.05) is 19.1 Å². The van der Waals surface area contributed by atoms with Crippen LogP contribution >= 0.6 is 0 Å². The number of sulfonamides is 1. The Labute approximate surface area is 119 Å². The van der Waals surface area contributed by atoms with Gasteiger partial charge in [0.05, 0.1) is 12.2 Å². The molecule has 0 aliphatic heterocycles. The maximum atomic E-state index is 11.9. The van der Waals surface area contributed by atoms with E-state index in [1.807, 2.05) is 19.1 Å². The Morgan fingerprint density at radius 1 is 1.10 bits per heavy atom. The predicted octanol–water partition coefficient (Wildman–Crippen LogP) is 2.36. The first-order valence-corrected chi connectivity index (χ1v) is 7.89. The fraction of sp³-hybridized carbons (Fsp3) is 0.286. The van der Waals surface area contributed by atoms with E-state index in [9.17, 15) is 8.42 Å². The van der Waals surface area contributed by atoms with Crippen LogP contribution in [-0.2, 0) is 23.0 Å². The molecule has 0 amide bonds. The summed E-state index contributed by atoms with van der Waals surface area (Å²) in [5.74, 6) is 1.69. The molecule has 6 heteroatoms. The quantitative estimate of drug-likeness (QED) is 0.858. The molecule has 20 heavy (non-hydrogen) atoms. The third kappa shape index (κ3) is 3.20. The molecule has 0 saturated carbocycles. The maximum Gasteiger partial charge on any atom is 0.242 e. The van der Waals surface area contributed by atoms with Gasteiger partial charge in [0.2, 0.25) is 10.0 Å². The second kappa shape index (κ2) is 6.11. The second-order valence-corrected chi connectivity index (χ2v) is 6.13. The van der Waals surface area contributed by atoms with Gasteiger partial charge >= 0.3 is 0 Å². The average Bonchev–Trinajstić information content (AvgIpc) is 2.93. The SMILES string of the molecule is CCc1ccc(CNc2ccccc2S(=O)(=O)NC)o1. The van der Waals surface area contributed by atoms with Gasteiger partial charge in [-0.25, -0.2) is 13.1 Å². The molecule has 0 aliphatic carbocycles. The summed E-state index contributed by atoms with van der Waals surface area (Å²) < 4.78 is 31.7. The molecule has 1 heterocycles. The topological polar surface area (TPSA) is 71.3 Å². The van der Waals surface area contributed by atoms with Crippen LogP contribution in [0.3, 0.4) is 0 Å². The van der Waals surface area contributed by atoms with Crippen LogP contribution in [0.25, 0.3) is 0 Å². The highest BCUT2D eigenvalue weighted by Gasteiger charge is 2.15. The summed E-state index contributed by atoms with van der Waals surface area (Å²) >= 11 is 0. The Morgan fingerprint density at radius 2 is 1.80 bits per heavy atom. The van der Waals surface area contributed by atoms with E-state index in [0.29, 0.717) is 12.2 Å². The highest BCUT2D eigenvalue weighted by molar-refractivity contribution is 7.89. The molecule has 1 aromatic carbocycles. The summed E-state index contributed by atoms with van der Waals surface area (Å²) in [4.78, 5) is 0.227. The molecular formula is C14H18N2O3S. The standard InChI is InChI=1S/C14H18N2O3S/c1-3-11-8-9-12(19-11)10-16-13-6-4-5-7-14(13)20(17,18)15-2/h4-9,15-16H,3,10H2,1-2H3.